The minimum atomic E-state index is -0.303. The van der Waals surface area contributed by atoms with Gasteiger partial charge in [-0.1, -0.05) is 18.9 Å². The fourth-order valence-corrected chi connectivity index (χ4v) is 3.29. The number of aromatic nitrogens is 2. The molecule has 2 aromatic carbocycles. The van der Waals surface area contributed by atoms with E-state index in [0.29, 0.717) is 11.2 Å². The van der Waals surface area contributed by atoms with Crippen LogP contribution in [0.15, 0.2) is 48.7 Å². The number of benzene rings is 2. The molecule has 6 nitrogen and oxygen atoms in total. The van der Waals surface area contributed by atoms with E-state index in [0.717, 1.165) is 36.8 Å². The molecule has 0 unspecified atom stereocenters. The summed E-state index contributed by atoms with van der Waals surface area (Å²) in [7, 11) is 0. The van der Waals surface area contributed by atoms with Gasteiger partial charge in [-0.05, 0) is 49.2 Å². The van der Waals surface area contributed by atoms with Gasteiger partial charge in [-0.25, -0.2) is 19.2 Å². The first-order valence-electron chi connectivity index (χ1n) is 9.03. The number of nitrogens with zero attached hydrogens (tertiary/aromatic N) is 2. The first-order valence-corrected chi connectivity index (χ1v) is 9.03. The molecule has 0 atom stereocenters. The van der Waals surface area contributed by atoms with Crippen molar-refractivity contribution in [2.75, 3.05) is 10.6 Å². The average Bonchev–Trinajstić information content (AvgIpc) is 3.14. The number of carbonyl (C=O) groups excluding carboxylic acids is 1. The van der Waals surface area contributed by atoms with Gasteiger partial charge in [0.25, 0.3) is 0 Å². The van der Waals surface area contributed by atoms with E-state index in [-0.39, 0.29) is 23.8 Å². The predicted octanol–water partition coefficient (Wildman–Crippen LogP) is 4.58. The second-order valence-electron chi connectivity index (χ2n) is 6.68. The maximum Gasteiger partial charge on any atom is 0.321 e. The first-order chi connectivity index (χ1) is 13.2. The average molecular weight is 365 g/mol. The third kappa shape index (κ3) is 4.31. The molecule has 0 spiro atoms. The molecule has 1 heterocycles. The molecule has 1 aliphatic rings. The van der Waals surface area contributed by atoms with Crippen LogP contribution in [0.5, 0.6) is 0 Å². The minimum Gasteiger partial charge on any atom is -0.355 e. The zero-order valence-corrected chi connectivity index (χ0v) is 14.7. The van der Waals surface area contributed by atoms with Crippen molar-refractivity contribution in [3.63, 3.8) is 0 Å². The van der Waals surface area contributed by atoms with E-state index in [1.165, 1.54) is 12.1 Å². The molecule has 1 saturated carbocycles. The normalized spacial score (nSPS) is 14.3. The number of nitrogens with one attached hydrogen (secondary N) is 3. The summed E-state index contributed by atoms with van der Waals surface area (Å²) in [6.45, 7) is 0. The van der Waals surface area contributed by atoms with Crippen molar-refractivity contribution in [3.05, 3.63) is 54.5 Å². The fraction of sp³-hybridized carbons (Fsp3) is 0.250. The van der Waals surface area contributed by atoms with E-state index in [2.05, 4.69) is 25.9 Å². The predicted molar refractivity (Wildman–Crippen MR) is 104 cm³/mol. The lowest BCUT2D eigenvalue weighted by atomic mass is 10.2. The molecule has 1 aliphatic carbocycles. The van der Waals surface area contributed by atoms with Crippen LogP contribution in [0.2, 0.25) is 0 Å². The summed E-state index contributed by atoms with van der Waals surface area (Å²) < 4.78 is 13.3. The molecular formula is C20H20FN5O. The number of halogens is 1. The molecule has 0 aliphatic heterocycles. The Morgan fingerprint density at radius 1 is 1.07 bits per heavy atom. The molecule has 3 N–H and O–H groups in total. The molecule has 1 aromatic heterocycles. The lowest BCUT2D eigenvalue weighted by Crippen LogP contribution is -2.36. The van der Waals surface area contributed by atoms with Gasteiger partial charge in [0.2, 0.25) is 5.95 Å². The van der Waals surface area contributed by atoms with Crippen molar-refractivity contribution in [1.29, 1.82) is 0 Å². The Balaban J connectivity index is 1.49. The largest absolute Gasteiger partial charge is 0.355 e. The molecule has 0 bridgehead atoms. The number of urea groups is 1. The molecule has 7 heteroatoms. The highest BCUT2D eigenvalue weighted by atomic mass is 19.1. The lowest BCUT2D eigenvalue weighted by Gasteiger charge is -2.12. The summed E-state index contributed by atoms with van der Waals surface area (Å²) >= 11 is 0. The number of carbonyl (C=O) groups is 1. The van der Waals surface area contributed by atoms with Crippen LogP contribution in [0.4, 0.5) is 26.5 Å². The number of amides is 2. The Kier molecular flexibility index (Phi) is 4.82. The second-order valence-corrected chi connectivity index (χ2v) is 6.68. The van der Waals surface area contributed by atoms with Crippen LogP contribution in [0, 0.1) is 5.82 Å². The van der Waals surface area contributed by atoms with Crippen LogP contribution in [0.25, 0.3) is 10.9 Å². The molecule has 4 rings (SSSR count). The summed E-state index contributed by atoms with van der Waals surface area (Å²) in [5.41, 5.74) is 2.11. The van der Waals surface area contributed by atoms with Crippen molar-refractivity contribution in [1.82, 2.24) is 15.3 Å². The van der Waals surface area contributed by atoms with E-state index in [9.17, 15) is 9.18 Å². The molecule has 3 aromatic rings. The van der Waals surface area contributed by atoms with E-state index in [4.69, 9.17) is 0 Å². The Hall–Kier alpha value is -3.22. The molecule has 2 amide bonds. The quantitative estimate of drug-likeness (QED) is 0.632. The molecule has 0 radical (unpaired) electrons. The van der Waals surface area contributed by atoms with Crippen LogP contribution in [-0.2, 0) is 0 Å². The second kappa shape index (κ2) is 7.57. The number of anilines is 3. The van der Waals surface area contributed by atoms with Gasteiger partial charge in [-0.3, -0.25) is 5.32 Å². The summed E-state index contributed by atoms with van der Waals surface area (Å²) in [4.78, 5) is 20.7. The minimum absolute atomic E-state index is 0.229. The van der Waals surface area contributed by atoms with E-state index >= 15 is 0 Å². The van der Waals surface area contributed by atoms with Gasteiger partial charge in [0.1, 0.15) is 5.82 Å². The van der Waals surface area contributed by atoms with Crippen molar-refractivity contribution < 1.29 is 9.18 Å². The van der Waals surface area contributed by atoms with Gasteiger partial charge in [0, 0.05) is 29.0 Å². The topological polar surface area (TPSA) is 78.9 Å². The van der Waals surface area contributed by atoms with Crippen molar-refractivity contribution in [2.45, 2.75) is 31.7 Å². The molecular weight excluding hydrogens is 345 g/mol. The Morgan fingerprint density at radius 2 is 1.89 bits per heavy atom. The van der Waals surface area contributed by atoms with Crippen LogP contribution in [0.1, 0.15) is 25.7 Å². The number of rotatable bonds is 4. The number of fused-ring (bicyclic) bond motifs is 1. The number of hydrogen-bond donors (Lipinski definition) is 3. The monoisotopic (exact) mass is 365 g/mol. The molecule has 0 saturated heterocycles. The van der Waals surface area contributed by atoms with Gasteiger partial charge in [0.15, 0.2) is 0 Å². The van der Waals surface area contributed by atoms with E-state index in [1.54, 1.807) is 18.3 Å². The summed E-state index contributed by atoms with van der Waals surface area (Å²) in [5, 5.41) is 9.64. The molecule has 27 heavy (non-hydrogen) atoms. The third-order valence-electron chi connectivity index (χ3n) is 4.61. The molecule has 1 fully saturated rings. The zero-order chi connectivity index (χ0) is 18.6. The Bertz CT molecular complexity index is 971. The van der Waals surface area contributed by atoms with Crippen molar-refractivity contribution >= 4 is 34.3 Å². The lowest BCUT2D eigenvalue weighted by molar-refractivity contribution is 0.248. The van der Waals surface area contributed by atoms with Crippen molar-refractivity contribution in [2.24, 2.45) is 0 Å². The van der Waals surface area contributed by atoms with Crippen LogP contribution in [-0.4, -0.2) is 22.0 Å². The van der Waals surface area contributed by atoms with Gasteiger partial charge >= 0.3 is 6.03 Å². The summed E-state index contributed by atoms with van der Waals surface area (Å²) in [6, 6.07) is 11.8. The van der Waals surface area contributed by atoms with Gasteiger partial charge < -0.3 is 10.6 Å². The van der Waals surface area contributed by atoms with Gasteiger partial charge in [0.05, 0.1) is 5.52 Å². The summed E-state index contributed by atoms with van der Waals surface area (Å²) in [5.74, 6) is -0.0521. The van der Waals surface area contributed by atoms with Crippen LogP contribution in [0.3, 0.4) is 0 Å². The van der Waals surface area contributed by atoms with E-state index < -0.39 is 0 Å². The van der Waals surface area contributed by atoms with E-state index in [1.807, 2.05) is 18.2 Å². The number of hydrogen-bond acceptors (Lipinski definition) is 4. The van der Waals surface area contributed by atoms with Gasteiger partial charge in [-0.15, -0.1) is 0 Å². The molecule has 138 valence electrons. The highest BCUT2D eigenvalue weighted by Crippen LogP contribution is 2.22. The maximum atomic E-state index is 13.3. The standard InChI is InChI=1S/C20H20FN5O/c21-14-4-3-7-16(10-14)23-17-9-8-13-12-22-19(25-18(13)11-17)26-20(27)24-15-5-1-2-6-15/h3-4,7-12,15,23H,1-2,5-6H2,(H2,22,24,25,26,27). The fourth-order valence-electron chi connectivity index (χ4n) is 3.29. The maximum absolute atomic E-state index is 13.3. The Morgan fingerprint density at radius 3 is 2.70 bits per heavy atom. The van der Waals surface area contributed by atoms with Crippen LogP contribution >= 0.6 is 0 Å². The highest BCUT2D eigenvalue weighted by Gasteiger charge is 2.17. The summed E-state index contributed by atoms with van der Waals surface area (Å²) in [6.07, 6.45) is 6.00. The highest BCUT2D eigenvalue weighted by molar-refractivity contribution is 5.89. The Labute approximate surface area is 156 Å². The smallest absolute Gasteiger partial charge is 0.321 e. The SMILES string of the molecule is O=C(Nc1ncc2ccc(Nc3cccc(F)c3)cc2n1)NC1CCCC1. The first kappa shape index (κ1) is 17.2. The van der Waals surface area contributed by atoms with Crippen molar-refractivity contribution in [3.8, 4) is 0 Å². The third-order valence-corrected chi connectivity index (χ3v) is 4.61. The van der Waals surface area contributed by atoms with Crippen LogP contribution < -0.4 is 16.0 Å². The zero-order valence-electron chi connectivity index (χ0n) is 14.7. The van der Waals surface area contributed by atoms with Gasteiger partial charge in [-0.2, -0.15) is 0 Å².